The Labute approximate surface area is 116 Å². The molecule has 0 aromatic heterocycles. The molecule has 0 amide bonds. The molecule has 2 aromatic rings. The molecule has 0 fully saturated rings. The summed E-state index contributed by atoms with van der Waals surface area (Å²) in [5, 5.41) is 10.4. The van der Waals surface area contributed by atoms with E-state index in [9.17, 15) is 9.90 Å². The quantitative estimate of drug-likeness (QED) is 0.870. The highest BCUT2D eigenvalue weighted by molar-refractivity contribution is 6.30. The van der Waals surface area contributed by atoms with Crippen molar-refractivity contribution in [2.24, 2.45) is 0 Å². The van der Waals surface area contributed by atoms with Crippen LogP contribution in [0.1, 0.15) is 15.9 Å². The minimum absolute atomic E-state index is 0.0710. The third-order valence-corrected chi connectivity index (χ3v) is 3.04. The Balaban J connectivity index is 2.18. The summed E-state index contributed by atoms with van der Waals surface area (Å²) < 4.78 is 4.98. The maximum Gasteiger partial charge on any atom is 0.170 e. The fourth-order valence-electron chi connectivity index (χ4n) is 1.76. The lowest BCUT2D eigenvalue weighted by Gasteiger charge is -2.06. The molecule has 1 N–H and O–H groups in total. The average molecular weight is 277 g/mol. The zero-order valence-electron chi connectivity index (χ0n) is 10.4. The number of methoxy groups -OCH3 is 1. The highest BCUT2D eigenvalue weighted by atomic mass is 35.5. The SMILES string of the molecule is COc1ccc(C(=O)Cc2ccc(Cl)cc2)c(O)c1. The van der Waals surface area contributed by atoms with Crippen molar-refractivity contribution in [3.05, 3.63) is 58.6 Å². The van der Waals surface area contributed by atoms with E-state index in [0.717, 1.165) is 5.56 Å². The molecule has 0 aliphatic carbocycles. The van der Waals surface area contributed by atoms with Crippen molar-refractivity contribution in [3.8, 4) is 11.5 Å². The van der Waals surface area contributed by atoms with Gasteiger partial charge in [0.1, 0.15) is 11.5 Å². The Kier molecular flexibility index (Phi) is 4.07. The summed E-state index contributed by atoms with van der Waals surface area (Å²) in [5.74, 6) is 0.293. The van der Waals surface area contributed by atoms with Crippen molar-refractivity contribution >= 4 is 17.4 Å². The number of hydrogen-bond donors (Lipinski definition) is 1. The summed E-state index contributed by atoms with van der Waals surface area (Å²) in [5.41, 5.74) is 1.14. The van der Waals surface area contributed by atoms with Gasteiger partial charge in [0, 0.05) is 17.5 Å². The number of Topliss-reactive ketones (excluding diaryl/α,β-unsaturated/α-hetero) is 1. The monoisotopic (exact) mass is 276 g/mol. The molecule has 0 aliphatic rings. The summed E-state index contributed by atoms with van der Waals surface area (Å²) >= 11 is 5.79. The van der Waals surface area contributed by atoms with E-state index in [1.165, 1.54) is 13.2 Å². The van der Waals surface area contributed by atoms with Gasteiger partial charge in [-0.15, -0.1) is 0 Å². The zero-order valence-corrected chi connectivity index (χ0v) is 11.1. The number of ether oxygens (including phenoxy) is 1. The van der Waals surface area contributed by atoms with Crippen LogP contribution in [0.2, 0.25) is 5.02 Å². The second-order valence-corrected chi connectivity index (χ2v) is 4.55. The van der Waals surface area contributed by atoms with Crippen LogP contribution in [0.25, 0.3) is 0 Å². The van der Waals surface area contributed by atoms with E-state index < -0.39 is 0 Å². The van der Waals surface area contributed by atoms with Crippen molar-refractivity contribution in [2.75, 3.05) is 7.11 Å². The predicted molar refractivity (Wildman–Crippen MR) is 74.1 cm³/mol. The standard InChI is InChI=1S/C15H13ClO3/c1-19-12-6-7-13(15(18)9-12)14(17)8-10-2-4-11(16)5-3-10/h2-7,9,18H,8H2,1H3. The normalized spacial score (nSPS) is 10.2. The van der Waals surface area contributed by atoms with Crippen molar-refractivity contribution in [1.29, 1.82) is 0 Å². The van der Waals surface area contributed by atoms with Crippen LogP contribution in [-0.4, -0.2) is 18.0 Å². The fourth-order valence-corrected chi connectivity index (χ4v) is 1.88. The first-order chi connectivity index (χ1) is 9.10. The lowest BCUT2D eigenvalue weighted by atomic mass is 10.0. The molecule has 4 heteroatoms. The Morgan fingerprint density at radius 3 is 2.47 bits per heavy atom. The molecule has 0 bridgehead atoms. The molecule has 3 nitrogen and oxygen atoms in total. The lowest BCUT2D eigenvalue weighted by Crippen LogP contribution is -2.04. The first-order valence-electron chi connectivity index (χ1n) is 5.75. The number of rotatable bonds is 4. The fraction of sp³-hybridized carbons (Fsp3) is 0.133. The maximum atomic E-state index is 12.1. The van der Waals surface area contributed by atoms with Gasteiger partial charge in [-0.25, -0.2) is 0 Å². The Bertz CT molecular complexity index is 591. The Morgan fingerprint density at radius 1 is 1.21 bits per heavy atom. The molecule has 0 atom stereocenters. The molecule has 2 rings (SSSR count). The summed E-state index contributed by atoms with van der Waals surface area (Å²) in [6.45, 7) is 0. The van der Waals surface area contributed by atoms with Crippen molar-refractivity contribution in [1.82, 2.24) is 0 Å². The first kappa shape index (κ1) is 13.4. The highest BCUT2D eigenvalue weighted by Gasteiger charge is 2.12. The molecule has 0 saturated carbocycles. The third kappa shape index (κ3) is 3.26. The molecule has 0 saturated heterocycles. The van der Waals surface area contributed by atoms with Gasteiger partial charge in [0.2, 0.25) is 0 Å². The predicted octanol–water partition coefficient (Wildman–Crippen LogP) is 3.48. The number of hydrogen-bond acceptors (Lipinski definition) is 3. The van der Waals surface area contributed by atoms with E-state index in [1.54, 1.807) is 36.4 Å². The molecule has 98 valence electrons. The van der Waals surface area contributed by atoms with Crippen molar-refractivity contribution in [3.63, 3.8) is 0 Å². The van der Waals surface area contributed by atoms with Crippen LogP contribution < -0.4 is 4.74 Å². The zero-order chi connectivity index (χ0) is 13.8. The average Bonchev–Trinajstić information content (AvgIpc) is 2.41. The van der Waals surface area contributed by atoms with E-state index >= 15 is 0 Å². The molecular weight excluding hydrogens is 264 g/mol. The van der Waals surface area contributed by atoms with E-state index in [0.29, 0.717) is 10.8 Å². The smallest absolute Gasteiger partial charge is 0.170 e. The second kappa shape index (κ2) is 5.76. The minimum atomic E-state index is -0.150. The number of halogens is 1. The van der Waals surface area contributed by atoms with Crippen LogP contribution in [0.4, 0.5) is 0 Å². The van der Waals surface area contributed by atoms with Gasteiger partial charge in [-0.2, -0.15) is 0 Å². The van der Waals surface area contributed by atoms with Gasteiger partial charge in [0.15, 0.2) is 5.78 Å². The number of carbonyl (C=O) groups is 1. The Hall–Kier alpha value is -2.00. The topological polar surface area (TPSA) is 46.5 Å². The van der Waals surface area contributed by atoms with Crippen molar-refractivity contribution < 1.29 is 14.6 Å². The van der Waals surface area contributed by atoms with Gasteiger partial charge in [0.05, 0.1) is 12.7 Å². The number of phenols is 1. The molecule has 19 heavy (non-hydrogen) atoms. The van der Waals surface area contributed by atoms with Gasteiger partial charge >= 0.3 is 0 Å². The van der Waals surface area contributed by atoms with Crippen LogP contribution in [0.5, 0.6) is 11.5 Å². The lowest BCUT2D eigenvalue weighted by molar-refractivity contribution is 0.0990. The van der Waals surface area contributed by atoms with E-state index in [-0.39, 0.29) is 23.5 Å². The van der Waals surface area contributed by atoms with Crippen LogP contribution in [-0.2, 0) is 6.42 Å². The molecular formula is C15H13ClO3. The van der Waals surface area contributed by atoms with Gasteiger partial charge in [0.25, 0.3) is 0 Å². The summed E-state index contributed by atoms with van der Waals surface area (Å²) in [4.78, 5) is 12.1. The molecule has 0 spiro atoms. The van der Waals surface area contributed by atoms with Crippen LogP contribution >= 0.6 is 11.6 Å². The molecule has 0 aliphatic heterocycles. The second-order valence-electron chi connectivity index (χ2n) is 4.11. The minimum Gasteiger partial charge on any atom is -0.507 e. The third-order valence-electron chi connectivity index (χ3n) is 2.78. The number of aromatic hydroxyl groups is 1. The maximum absolute atomic E-state index is 12.1. The molecule has 0 heterocycles. The van der Waals surface area contributed by atoms with Gasteiger partial charge < -0.3 is 9.84 Å². The summed E-state index contributed by atoms with van der Waals surface area (Å²) in [7, 11) is 1.50. The number of phenolic OH excluding ortho intramolecular Hbond substituents is 1. The van der Waals surface area contributed by atoms with Gasteiger partial charge in [-0.1, -0.05) is 23.7 Å². The summed E-state index contributed by atoms with van der Waals surface area (Å²) in [6.07, 6.45) is 0.219. The van der Waals surface area contributed by atoms with Gasteiger partial charge in [-0.3, -0.25) is 4.79 Å². The molecule has 0 radical (unpaired) electrons. The molecule has 2 aromatic carbocycles. The van der Waals surface area contributed by atoms with Crippen molar-refractivity contribution in [2.45, 2.75) is 6.42 Å². The first-order valence-corrected chi connectivity index (χ1v) is 6.12. The Morgan fingerprint density at radius 2 is 1.89 bits per heavy atom. The van der Waals surface area contributed by atoms with Gasteiger partial charge in [-0.05, 0) is 29.8 Å². The van der Waals surface area contributed by atoms with Crippen LogP contribution in [0, 0.1) is 0 Å². The number of benzene rings is 2. The van der Waals surface area contributed by atoms with E-state index in [2.05, 4.69) is 0 Å². The number of carbonyl (C=O) groups excluding carboxylic acids is 1. The highest BCUT2D eigenvalue weighted by Crippen LogP contribution is 2.24. The number of ketones is 1. The van der Waals surface area contributed by atoms with E-state index in [1.807, 2.05) is 0 Å². The van der Waals surface area contributed by atoms with E-state index in [4.69, 9.17) is 16.3 Å². The van der Waals surface area contributed by atoms with Crippen LogP contribution in [0.3, 0.4) is 0 Å². The molecule has 0 unspecified atom stereocenters. The largest absolute Gasteiger partial charge is 0.507 e. The summed E-state index contributed by atoms with van der Waals surface area (Å²) in [6, 6.07) is 11.7. The van der Waals surface area contributed by atoms with Crippen LogP contribution in [0.15, 0.2) is 42.5 Å².